The van der Waals surface area contributed by atoms with Gasteiger partial charge in [0, 0.05) is 37.0 Å². The molecular formula is C17H19ClN4OS. The third kappa shape index (κ3) is 3.36. The van der Waals surface area contributed by atoms with Crippen LogP contribution in [-0.4, -0.2) is 41.3 Å². The van der Waals surface area contributed by atoms with Crippen molar-refractivity contribution in [2.45, 2.75) is 29.2 Å². The summed E-state index contributed by atoms with van der Waals surface area (Å²) in [5.41, 5.74) is 0.414. The lowest BCUT2D eigenvalue weighted by molar-refractivity contribution is 0.133. The highest BCUT2D eigenvalue weighted by molar-refractivity contribution is 7.99. The molecule has 0 aromatic carbocycles. The van der Waals surface area contributed by atoms with E-state index in [1.54, 1.807) is 12.4 Å². The Balaban J connectivity index is 1.40. The minimum Gasteiger partial charge on any atom is -0.381 e. The normalized spacial score (nSPS) is 19.8. The maximum absolute atomic E-state index is 6.14. The van der Waals surface area contributed by atoms with Gasteiger partial charge in [-0.3, -0.25) is 4.98 Å². The van der Waals surface area contributed by atoms with Crippen LogP contribution in [0.25, 0.3) is 0 Å². The van der Waals surface area contributed by atoms with Crippen molar-refractivity contribution in [3.63, 3.8) is 0 Å². The Labute approximate surface area is 150 Å². The molecule has 24 heavy (non-hydrogen) atoms. The molecule has 0 saturated carbocycles. The number of anilines is 1. The third-order valence-corrected chi connectivity index (χ3v) is 6.31. The van der Waals surface area contributed by atoms with Gasteiger partial charge in [0.15, 0.2) is 0 Å². The predicted molar refractivity (Wildman–Crippen MR) is 94.7 cm³/mol. The molecule has 2 aromatic rings. The Morgan fingerprint density at radius 3 is 2.67 bits per heavy atom. The molecule has 0 atom stereocenters. The first-order chi connectivity index (χ1) is 11.7. The first-order valence-electron chi connectivity index (χ1n) is 8.16. The van der Waals surface area contributed by atoms with Crippen molar-refractivity contribution >= 4 is 29.2 Å². The van der Waals surface area contributed by atoms with Crippen molar-refractivity contribution in [3.8, 4) is 0 Å². The lowest BCUT2D eigenvalue weighted by Gasteiger charge is -2.38. The molecule has 2 fully saturated rings. The van der Waals surface area contributed by atoms with E-state index in [0.29, 0.717) is 10.4 Å². The quantitative estimate of drug-likeness (QED) is 0.830. The van der Waals surface area contributed by atoms with Crippen molar-refractivity contribution in [3.05, 3.63) is 35.9 Å². The lowest BCUT2D eigenvalue weighted by Crippen LogP contribution is -2.40. The highest BCUT2D eigenvalue weighted by atomic mass is 35.5. The molecule has 0 N–H and O–H groups in total. The van der Waals surface area contributed by atoms with Crippen LogP contribution in [0.5, 0.6) is 0 Å². The van der Waals surface area contributed by atoms with E-state index in [1.165, 1.54) is 31.0 Å². The molecule has 4 heterocycles. The van der Waals surface area contributed by atoms with Crippen molar-refractivity contribution in [1.29, 1.82) is 0 Å². The van der Waals surface area contributed by atoms with Crippen LogP contribution in [0.2, 0.25) is 5.02 Å². The van der Waals surface area contributed by atoms with E-state index in [2.05, 4.69) is 19.9 Å². The molecule has 0 aliphatic carbocycles. The first kappa shape index (κ1) is 16.1. The molecule has 4 rings (SSSR count). The van der Waals surface area contributed by atoms with Crippen LogP contribution in [0.15, 0.2) is 40.8 Å². The Morgan fingerprint density at radius 1 is 1.12 bits per heavy atom. The minimum absolute atomic E-state index is 0.414. The Bertz CT molecular complexity index is 696. The second kappa shape index (κ2) is 6.86. The molecule has 5 nitrogen and oxygen atoms in total. The molecule has 1 spiro atoms. The highest BCUT2D eigenvalue weighted by Gasteiger charge is 2.38. The second-order valence-corrected chi connectivity index (χ2v) is 7.88. The Morgan fingerprint density at radius 2 is 2.00 bits per heavy atom. The van der Waals surface area contributed by atoms with E-state index in [1.807, 2.05) is 18.5 Å². The summed E-state index contributed by atoms with van der Waals surface area (Å²) in [4.78, 5) is 16.4. The van der Waals surface area contributed by atoms with Gasteiger partial charge in [-0.05, 0) is 30.7 Å². The Hall–Kier alpha value is -1.37. The van der Waals surface area contributed by atoms with Crippen LogP contribution < -0.4 is 4.90 Å². The molecule has 126 valence electrons. The van der Waals surface area contributed by atoms with E-state index >= 15 is 0 Å². The number of hydrogen-bond acceptors (Lipinski definition) is 6. The maximum atomic E-state index is 6.14. The number of rotatable bonds is 3. The fraction of sp³-hybridized carbons (Fsp3) is 0.471. The molecule has 2 saturated heterocycles. The molecule has 2 aliphatic heterocycles. The van der Waals surface area contributed by atoms with Gasteiger partial charge >= 0.3 is 0 Å². The number of aromatic nitrogens is 3. The molecule has 7 heteroatoms. The van der Waals surface area contributed by atoms with Gasteiger partial charge in [0.2, 0.25) is 0 Å². The number of hydrogen-bond donors (Lipinski definition) is 0. The number of pyridine rings is 1. The largest absolute Gasteiger partial charge is 0.381 e. The summed E-state index contributed by atoms with van der Waals surface area (Å²) in [6, 6.07) is 1.89. The SMILES string of the molecule is Clc1cnccc1Sc1cnc(N2CCC3(CCOC3)CC2)cn1. The fourth-order valence-corrected chi connectivity index (χ4v) is 4.29. The zero-order chi connectivity index (χ0) is 16.4. The number of ether oxygens (including phenoxy) is 1. The van der Waals surface area contributed by atoms with Gasteiger partial charge in [0.1, 0.15) is 10.8 Å². The summed E-state index contributed by atoms with van der Waals surface area (Å²) >= 11 is 7.64. The van der Waals surface area contributed by atoms with Gasteiger partial charge in [-0.25, -0.2) is 9.97 Å². The average molecular weight is 363 g/mol. The fourth-order valence-electron chi connectivity index (χ4n) is 3.34. The van der Waals surface area contributed by atoms with Crippen LogP contribution in [0.3, 0.4) is 0 Å². The summed E-state index contributed by atoms with van der Waals surface area (Å²) < 4.78 is 5.60. The smallest absolute Gasteiger partial charge is 0.147 e. The van der Waals surface area contributed by atoms with Crippen LogP contribution in [-0.2, 0) is 4.74 Å². The van der Waals surface area contributed by atoms with Crippen molar-refractivity contribution in [2.24, 2.45) is 5.41 Å². The summed E-state index contributed by atoms with van der Waals surface area (Å²) in [7, 11) is 0. The van der Waals surface area contributed by atoms with Gasteiger partial charge in [-0.1, -0.05) is 23.4 Å². The summed E-state index contributed by atoms with van der Waals surface area (Å²) in [5.74, 6) is 0.953. The number of nitrogens with zero attached hydrogens (tertiary/aromatic N) is 4. The molecule has 2 aromatic heterocycles. The van der Waals surface area contributed by atoms with Gasteiger partial charge in [-0.15, -0.1) is 0 Å². The summed E-state index contributed by atoms with van der Waals surface area (Å²) in [5, 5.41) is 1.47. The topological polar surface area (TPSA) is 51.1 Å². The number of piperidine rings is 1. The van der Waals surface area contributed by atoms with Gasteiger partial charge in [0.25, 0.3) is 0 Å². The van der Waals surface area contributed by atoms with E-state index in [4.69, 9.17) is 16.3 Å². The average Bonchev–Trinajstić information content (AvgIpc) is 3.07. The maximum Gasteiger partial charge on any atom is 0.147 e. The molecule has 0 radical (unpaired) electrons. The Kier molecular flexibility index (Phi) is 4.61. The van der Waals surface area contributed by atoms with E-state index in [-0.39, 0.29) is 0 Å². The minimum atomic E-state index is 0.414. The first-order valence-corrected chi connectivity index (χ1v) is 9.36. The van der Waals surface area contributed by atoms with Crippen molar-refractivity contribution < 1.29 is 4.74 Å². The predicted octanol–water partition coefficient (Wildman–Crippen LogP) is 3.68. The van der Waals surface area contributed by atoms with Crippen LogP contribution >= 0.6 is 23.4 Å². The van der Waals surface area contributed by atoms with E-state index in [0.717, 1.165) is 42.0 Å². The summed E-state index contributed by atoms with van der Waals surface area (Å²) in [6.07, 6.45) is 10.6. The monoisotopic (exact) mass is 362 g/mol. The van der Waals surface area contributed by atoms with Gasteiger partial charge < -0.3 is 9.64 Å². The van der Waals surface area contributed by atoms with Crippen molar-refractivity contribution in [2.75, 3.05) is 31.2 Å². The highest BCUT2D eigenvalue weighted by Crippen LogP contribution is 2.40. The molecule has 0 amide bonds. The van der Waals surface area contributed by atoms with Crippen molar-refractivity contribution in [1.82, 2.24) is 15.0 Å². The molecule has 0 bridgehead atoms. The third-order valence-electron chi connectivity index (χ3n) is 4.90. The summed E-state index contributed by atoms with van der Waals surface area (Å²) in [6.45, 7) is 3.90. The van der Waals surface area contributed by atoms with Crippen LogP contribution in [0.4, 0.5) is 5.82 Å². The zero-order valence-corrected chi connectivity index (χ0v) is 14.9. The van der Waals surface area contributed by atoms with Crippen LogP contribution in [0, 0.1) is 5.41 Å². The van der Waals surface area contributed by atoms with Crippen LogP contribution in [0.1, 0.15) is 19.3 Å². The molecule has 2 aliphatic rings. The van der Waals surface area contributed by atoms with Gasteiger partial charge in [-0.2, -0.15) is 0 Å². The number of halogens is 1. The van der Waals surface area contributed by atoms with E-state index < -0.39 is 0 Å². The molecular weight excluding hydrogens is 344 g/mol. The lowest BCUT2D eigenvalue weighted by atomic mass is 9.78. The van der Waals surface area contributed by atoms with Gasteiger partial charge in [0.05, 0.1) is 24.0 Å². The standard InChI is InChI=1S/C17H19ClN4OS/c18-13-9-19-5-1-14(13)24-16-11-20-15(10-21-16)22-6-2-17(3-7-22)4-8-23-12-17/h1,5,9-11H,2-4,6-8,12H2. The second-order valence-electron chi connectivity index (χ2n) is 6.41. The molecule has 0 unspecified atom stereocenters. The van der Waals surface area contributed by atoms with E-state index in [9.17, 15) is 0 Å². The zero-order valence-electron chi connectivity index (χ0n) is 13.3.